The van der Waals surface area contributed by atoms with Gasteiger partial charge in [-0.05, 0) is 30.4 Å². The maximum absolute atomic E-state index is 5.90. The van der Waals surface area contributed by atoms with Crippen LogP contribution in [-0.4, -0.2) is 6.61 Å². The van der Waals surface area contributed by atoms with Gasteiger partial charge >= 0.3 is 0 Å². The van der Waals surface area contributed by atoms with Gasteiger partial charge in [0.1, 0.15) is 23.9 Å². The normalized spacial score (nSPS) is 14.4. The molecule has 17 heavy (non-hydrogen) atoms. The molecule has 0 saturated carbocycles. The van der Waals surface area contributed by atoms with E-state index in [2.05, 4.69) is 18.2 Å². The average Bonchev–Trinajstić information content (AvgIpc) is 2.85. The van der Waals surface area contributed by atoms with E-state index in [1.165, 1.54) is 0 Å². The molecule has 2 aliphatic rings. The summed E-state index contributed by atoms with van der Waals surface area (Å²) in [6.07, 6.45) is 4.26. The lowest BCUT2D eigenvalue weighted by atomic mass is 10.1. The van der Waals surface area contributed by atoms with Gasteiger partial charge in [-0.25, -0.2) is 0 Å². The second-order valence-electron chi connectivity index (χ2n) is 4.19. The molecule has 0 amide bonds. The Morgan fingerprint density at radius 1 is 0.824 bits per heavy atom. The Morgan fingerprint density at radius 2 is 1.71 bits per heavy atom. The van der Waals surface area contributed by atoms with E-state index >= 15 is 0 Å². The van der Waals surface area contributed by atoms with E-state index in [9.17, 15) is 0 Å². The standard InChI is InChI=1S/C15H10O2/c1-2-4-13-10(3-1)9-12-11-7-8-16-14(11)5-6-15(12)17-13/h1-7,9H,8H2. The molecule has 2 aromatic carbocycles. The molecule has 0 N–H and O–H groups in total. The molecule has 2 heteroatoms. The van der Waals surface area contributed by atoms with Gasteiger partial charge in [-0.15, -0.1) is 0 Å². The van der Waals surface area contributed by atoms with Crippen LogP contribution < -0.4 is 19.9 Å². The van der Waals surface area contributed by atoms with Crippen LogP contribution in [0, 0.1) is 0 Å². The Kier molecular flexibility index (Phi) is 1.64. The van der Waals surface area contributed by atoms with Crippen molar-refractivity contribution in [3.05, 3.63) is 52.4 Å². The second kappa shape index (κ2) is 3.14. The number of hydrogen-bond acceptors (Lipinski definition) is 2. The largest absolute Gasteiger partial charge is 0.489 e. The SMILES string of the molecule is C1=c2c(ccc3c2=Cc2ccccc2O3)OC1. The first-order valence-electron chi connectivity index (χ1n) is 5.66. The predicted molar refractivity (Wildman–Crippen MR) is 65.7 cm³/mol. The molecule has 0 aliphatic carbocycles. The van der Waals surface area contributed by atoms with Gasteiger partial charge in [0, 0.05) is 16.0 Å². The minimum Gasteiger partial charge on any atom is -0.489 e. The van der Waals surface area contributed by atoms with Crippen LogP contribution in [0.2, 0.25) is 0 Å². The Labute approximate surface area is 98.4 Å². The number of hydrogen-bond donors (Lipinski definition) is 0. The van der Waals surface area contributed by atoms with Crippen molar-refractivity contribution in [1.82, 2.24) is 0 Å². The highest BCUT2D eigenvalue weighted by Gasteiger charge is 2.14. The molecule has 82 valence electrons. The van der Waals surface area contributed by atoms with E-state index in [0.29, 0.717) is 6.61 Å². The average molecular weight is 222 g/mol. The minimum absolute atomic E-state index is 0.654. The molecule has 0 radical (unpaired) electrons. The highest BCUT2D eigenvalue weighted by atomic mass is 16.5. The van der Waals surface area contributed by atoms with Crippen molar-refractivity contribution in [3.63, 3.8) is 0 Å². The molecular weight excluding hydrogens is 212 g/mol. The van der Waals surface area contributed by atoms with Crippen LogP contribution in [0.15, 0.2) is 36.4 Å². The molecule has 0 atom stereocenters. The summed E-state index contributed by atoms with van der Waals surface area (Å²) >= 11 is 0. The van der Waals surface area contributed by atoms with Crippen molar-refractivity contribution in [1.29, 1.82) is 0 Å². The van der Waals surface area contributed by atoms with Gasteiger partial charge in [-0.3, -0.25) is 0 Å². The predicted octanol–water partition coefficient (Wildman–Crippen LogP) is 1.79. The lowest BCUT2D eigenvalue weighted by Gasteiger charge is -2.14. The summed E-state index contributed by atoms with van der Waals surface area (Å²) in [4.78, 5) is 0. The summed E-state index contributed by atoms with van der Waals surface area (Å²) < 4.78 is 11.4. The highest BCUT2D eigenvalue weighted by molar-refractivity contribution is 5.64. The molecule has 2 aliphatic heterocycles. The van der Waals surface area contributed by atoms with Crippen molar-refractivity contribution in [2.75, 3.05) is 6.61 Å². The molecular formula is C15H10O2. The molecule has 0 bridgehead atoms. The summed E-state index contributed by atoms with van der Waals surface area (Å²) in [5.74, 6) is 2.77. The molecule has 0 unspecified atom stereocenters. The molecule has 0 saturated heterocycles. The number of rotatable bonds is 0. The van der Waals surface area contributed by atoms with Crippen molar-refractivity contribution in [2.45, 2.75) is 0 Å². The lowest BCUT2D eigenvalue weighted by Crippen LogP contribution is -2.27. The van der Waals surface area contributed by atoms with E-state index in [1.807, 2.05) is 30.3 Å². The number of fused-ring (bicyclic) bond motifs is 4. The van der Waals surface area contributed by atoms with Gasteiger partial charge in [0.05, 0.1) is 0 Å². The third-order valence-electron chi connectivity index (χ3n) is 3.17. The van der Waals surface area contributed by atoms with E-state index in [-0.39, 0.29) is 0 Å². The van der Waals surface area contributed by atoms with E-state index in [0.717, 1.165) is 33.2 Å². The topological polar surface area (TPSA) is 18.5 Å². The van der Waals surface area contributed by atoms with Crippen LogP contribution in [-0.2, 0) is 0 Å². The maximum Gasteiger partial charge on any atom is 0.135 e. The van der Waals surface area contributed by atoms with Crippen molar-refractivity contribution in [2.24, 2.45) is 0 Å². The zero-order chi connectivity index (χ0) is 11.2. The zero-order valence-corrected chi connectivity index (χ0v) is 9.14. The van der Waals surface area contributed by atoms with E-state index < -0.39 is 0 Å². The molecule has 0 aromatic heterocycles. The Balaban J connectivity index is 2.12. The fraction of sp³-hybridized carbons (Fsp3) is 0.0667. The highest BCUT2D eigenvalue weighted by Crippen LogP contribution is 2.27. The third-order valence-corrected chi connectivity index (χ3v) is 3.17. The van der Waals surface area contributed by atoms with Gasteiger partial charge in [-0.1, -0.05) is 18.2 Å². The number of para-hydroxylation sites is 1. The molecule has 2 heterocycles. The van der Waals surface area contributed by atoms with Gasteiger partial charge in [0.15, 0.2) is 0 Å². The van der Waals surface area contributed by atoms with Crippen LogP contribution in [0.25, 0.3) is 12.2 Å². The molecule has 2 aromatic rings. The molecule has 0 spiro atoms. The van der Waals surface area contributed by atoms with E-state index in [4.69, 9.17) is 9.47 Å². The lowest BCUT2D eigenvalue weighted by molar-refractivity contribution is 0.384. The monoisotopic (exact) mass is 222 g/mol. The Bertz CT molecular complexity index is 729. The first-order chi connectivity index (χ1) is 8.42. The van der Waals surface area contributed by atoms with Crippen molar-refractivity contribution < 1.29 is 9.47 Å². The fourth-order valence-electron chi connectivity index (χ4n) is 2.35. The van der Waals surface area contributed by atoms with Gasteiger partial charge in [-0.2, -0.15) is 0 Å². The van der Waals surface area contributed by atoms with Crippen LogP contribution in [0.3, 0.4) is 0 Å². The van der Waals surface area contributed by atoms with Crippen molar-refractivity contribution >= 4 is 12.2 Å². The summed E-state index contributed by atoms with van der Waals surface area (Å²) in [7, 11) is 0. The van der Waals surface area contributed by atoms with Crippen LogP contribution in [0.1, 0.15) is 5.56 Å². The summed E-state index contributed by atoms with van der Waals surface area (Å²) in [6.45, 7) is 0.654. The molecule has 0 fully saturated rings. The van der Waals surface area contributed by atoms with E-state index in [1.54, 1.807) is 0 Å². The fourth-order valence-corrected chi connectivity index (χ4v) is 2.35. The van der Waals surface area contributed by atoms with Gasteiger partial charge in [0.25, 0.3) is 0 Å². The second-order valence-corrected chi connectivity index (χ2v) is 4.19. The quantitative estimate of drug-likeness (QED) is 0.577. The van der Waals surface area contributed by atoms with Crippen LogP contribution in [0.5, 0.6) is 17.2 Å². The number of benzene rings is 2. The zero-order valence-electron chi connectivity index (χ0n) is 9.14. The molecule has 2 nitrogen and oxygen atoms in total. The first kappa shape index (κ1) is 8.88. The molecule has 4 rings (SSSR count). The summed E-state index contributed by atoms with van der Waals surface area (Å²) in [6, 6.07) is 12.0. The first-order valence-corrected chi connectivity index (χ1v) is 5.66. The van der Waals surface area contributed by atoms with Gasteiger partial charge < -0.3 is 9.47 Å². The Hall–Kier alpha value is -2.22. The van der Waals surface area contributed by atoms with Crippen LogP contribution in [0.4, 0.5) is 0 Å². The maximum atomic E-state index is 5.90. The third kappa shape index (κ3) is 1.21. The van der Waals surface area contributed by atoms with Gasteiger partial charge in [0.2, 0.25) is 0 Å². The summed E-state index contributed by atoms with van der Waals surface area (Å²) in [5.41, 5.74) is 1.12. The smallest absolute Gasteiger partial charge is 0.135 e. The number of ether oxygens (including phenoxy) is 2. The Morgan fingerprint density at radius 3 is 2.71 bits per heavy atom. The minimum atomic E-state index is 0.654. The summed E-state index contributed by atoms with van der Waals surface area (Å²) in [5, 5.41) is 2.27. The van der Waals surface area contributed by atoms with Crippen LogP contribution >= 0.6 is 0 Å². The van der Waals surface area contributed by atoms with Crippen molar-refractivity contribution in [3.8, 4) is 17.2 Å².